The molecule has 2 rings (SSSR count). The van der Waals surface area contributed by atoms with Gasteiger partial charge in [0.25, 0.3) is 0 Å². The summed E-state index contributed by atoms with van der Waals surface area (Å²) in [6, 6.07) is 0.978. The van der Waals surface area contributed by atoms with Crippen LogP contribution in [-0.4, -0.2) is 32.8 Å². The number of unbranched alkanes of at least 4 members (excludes halogenated alkanes) is 3. The van der Waals surface area contributed by atoms with E-state index in [0.29, 0.717) is 18.6 Å². The highest BCUT2D eigenvalue weighted by atomic mass is 127. The van der Waals surface area contributed by atoms with Crippen molar-refractivity contribution in [2.75, 3.05) is 0 Å². The third-order valence-electron chi connectivity index (χ3n) is 5.38. The number of hydrogen-bond donors (Lipinski definition) is 2. The summed E-state index contributed by atoms with van der Waals surface area (Å²) in [5.74, 6) is 2.76. The number of rotatable bonds is 9. The molecule has 1 aliphatic rings. The lowest BCUT2D eigenvalue weighted by atomic mass is 9.96. The van der Waals surface area contributed by atoms with Crippen molar-refractivity contribution in [1.82, 2.24) is 25.4 Å². The average Bonchev–Trinajstić information content (AvgIpc) is 2.96. The summed E-state index contributed by atoms with van der Waals surface area (Å²) in [6.45, 7) is 7.05. The summed E-state index contributed by atoms with van der Waals surface area (Å²) >= 11 is 0. The molecule has 0 radical (unpaired) electrons. The molecular formula is C20H39IN6. The van der Waals surface area contributed by atoms with Gasteiger partial charge in [-0.1, -0.05) is 51.9 Å². The van der Waals surface area contributed by atoms with Crippen molar-refractivity contribution in [2.24, 2.45) is 12.0 Å². The Morgan fingerprint density at radius 1 is 1.19 bits per heavy atom. The lowest BCUT2D eigenvalue weighted by molar-refractivity contribution is 0.406. The molecule has 1 saturated carbocycles. The first-order chi connectivity index (χ1) is 12.6. The van der Waals surface area contributed by atoms with Gasteiger partial charge in [-0.15, -0.1) is 34.2 Å². The zero-order valence-electron chi connectivity index (χ0n) is 17.6. The molecule has 1 heterocycles. The SMILES string of the molecule is CCCCCCC(C)NC(=NCc1nnc(C)n1C)NC1CCCCC1.I. The quantitative estimate of drug-likeness (QED) is 0.232. The Hall–Kier alpha value is -0.860. The molecule has 1 aromatic heterocycles. The molecule has 1 atom stereocenters. The molecule has 2 N–H and O–H groups in total. The summed E-state index contributed by atoms with van der Waals surface area (Å²) in [4.78, 5) is 4.82. The highest BCUT2D eigenvalue weighted by Gasteiger charge is 2.16. The summed E-state index contributed by atoms with van der Waals surface area (Å²) in [5.41, 5.74) is 0. The second-order valence-electron chi connectivity index (χ2n) is 7.76. The second kappa shape index (κ2) is 13.3. The van der Waals surface area contributed by atoms with Crippen molar-refractivity contribution < 1.29 is 0 Å². The van der Waals surface area contributed by atoms with E-state index in [-0.39, 0.29) is 24.0 Å². The molecule has 0 amide bonds. The van der Waals surface area contributed by atoms with Crippen molar-refractivity contribution in [1.29, 1.82) is 0 Å². The van der Waals surface area contributed by atoms with E-state index in [1.54, 1.807) is 0 Å². The number of aryl methyl sites for hydroxylation is 1. The van der Waals surface area contributed by atoms with Gasteiger partial charge in [0.05, 0.1) is 0 Å². The van der Waals surface area contributed by atoms with Crippen LogP contribution in [0.5, 0.6) is 0 Å². The fourth-order valence-electron chi connectivity index (χ4n) is 3.49. The Bertz CT molecular complexity index is 551. The van der Waals surface area contributed by atoms with E-state index in [9.17, 15) is 0 Å². The highest BCUT2D eigenvalue weighted by molar-refractivity contribution is 14.0. The molecule has 156 valence electrons. The van der Waals surface area contributed by atoms with Crippen LogP contribution in [0.3, 0.4) is 0 Å². The number of nitrogens with one attached hydrogen (secondary N) is 2. The predicted octanol–water partition coefficient (Wildman–Crippen LogP) is 4.47. The number of guanidine groups is 1. The minimum atomic E-state index is 0. The number of aliphatic imine (C=N–C) groups is 1. The van der Waals surface area contributed by atoms with Gasteiger partial charge in [0, 0.05) is 19.1 Å². The van der Waals surface area contributed by atoms with E-state index in [1.807, 2.05) is 18.5 Å². The molecule has 0 aliphatic heterocycles. The number of halogens is 1. The summed E-state index contributed by atoms with van der Waals surface area (Å²) in [6.07, 6.45) is 12.9. The minimum absolute atomic E-state index is 0. The van der Waals surface area contributed by atoms with Crippen molar-refractivity contribution in [3.8, 4) is 0 Å². The van der Waals surface area contributed by atoms with Gasteiger partial charge < -0.3 is 15.2 Å². The Morgan fingerprint density at radius 3 is 2.56 bits per heavy atom. The van der Waals surface area contributed by atoms with Gasteiger partial charge in [0.15, 0.2) is 11.8 Å². The van der Waals surface area contributed by atoms with E-state index in [0.717, 1.165) is 17.6 Å². The van der Waals surface area contributed by atoms with Crippen LogP contribution < -0.4 is 10.6 Å². The molecule has 7 heteroatoms. The van der Waals surface area contributed by atoms with Gasteiger partial charge in [-0.05, 0) is 33.1 Å². The van der Waals surface area contributed by atoms with Crippen molar-refractivity contribution in [3.63, 3.8) is 0 Å². The number of aromatic nitrogens is 3. The Balaban J connectivity index is 0.00000364. The maximum atomic E-state index is 4.82. The molecule has 1 aromatic rings. The molecule has 0 spiro atoms. The third-order valence-corrected chi connectivity index (χ3v) is 5.38. The minimum Gasteiger partial charge on any atom is -0.354 e. The van der Waals surface area contributed by atoms with Gasteiger partial charge in [-0.2, -0.15) is 0 Å². The average molecular weight is 490 g/mol. The standard InChI is InChI=1S/C20H38N6.HI/c1-5-6-7-9-12-16(2)22-20(23-18-13-10-8-11-14-18)21-15-19-25-24-17(3)26(19)4;/h16,18H,5-15H2,1-4H3,(H2,21,22,23);1H. The molecule has 1 aliphatic carbocycles. The molecule has 0 aromatic carbocycles. The number of nitrogens with zero attached hydrogens (tertiary/aromatic N) is 4. The number of hydrogen-bond acceptors (Lipinski definition) is 3. The lowest BCUT2D eigenvalue weighted by Gasteiger charge is -2.26. The van der Waals surface area contributed by atoms with Crippen molar-refractivity contribution >= 4 is 29.9 Å². The molecule has 1 fully saturated rings. The molecule has 27 heavy (non-hydrogen) atoms. The van der Waals surface area contributed by atoms with Crippen LogP contribution in [0.1, 0.15) is 89.7 Å². The first kappa shape index (κ1) is 24.2. The van der Waals surface area contributed by atoms with Crippen LogP contribution in [-0.2, 0) is 13.6 Å². The third kappa shape index (κ3) is 8.79. The van der Waals surface area contributed by atoms with E-state index < -0.39 is 0 Å². The Labute approximate surface area is 182 Å². The maximum absolute atomic E-state index is 4.82. The molecular weight excluding hydrogens is 451 g/mol. The monoisotopic (exact) mass is 490 g/mol. The van der Waals surface area contributed by atoms with Gasteiger partial charge in [-0.3, -0.25) is 0 Å². The maximum Gasteiger partial charge on any atom is 0.192 e. The first-order valence-corrected chi connectivity index (χ1v) is 10.5. The van der Waals surface area contributed by atoms with Gasteiger partial charge in [-0.25, -0.2) is 4.99 Å². The molecule has 0 bridgehead atoms. The predicted molar refractivity (Wildman–Crippen MR) is 124 cm³/mol. The largest absolute Gasteiger partial charge is 0.354 e. The van der Waals surface area contributed by atoms with Crippen molar-refractivity contribution in [2.45, 2.75) is 104 Å². The van der Waals surface area contributed by atoms with Crippen LogP contribution in [0, 0.1) is 6.92 Å². The normalized spacial score (nSPS) is 16.7. The zero-order valence-corrected chi connectivity index (χ0v) is 20.0. The Morgan fingerprint density at radius 2 is 1.93 bits per heavy atom. The molecule has 1 unspecified atom stereocenters. The van der Waals surface area contributed by atoms with E-state index in [2.05, 4.69) is 34.7 Å². The van der Waals surface area contributed by atoms with Crippen LogP contribution >= 0.6 is 24.0 Å². The first-order valence-electron chi connectivity index (χ1n) is 10.5. The van der Waals surface area contributed by atoms with E-state index >= 15 is 0 Å². The van der Waals surface area contributed by atoms with Crippen molar-refractivity contribution in [3.05, 3.63) is 11.6 Å². The van der Waals surface area contributed by atoms with Crippen LogP contribution in [0.15, 0.2) is 4.99 Å². The van der Waals surface area contributed by atoms with Gasteiger partial charge in [0.2, 0.25) is 0 Å². The fourth-order valence-corrected chi connectivity index (χ4v) is 3.49. The second-order valence-corrected chi connectivity index (χ2v) is 7.76. The van der Waals surface area contributed by atoms with Gasteiger partial charge in [0.1, 0.15) is 12.4 Å². The van der Waals surface area contributed by atoms with E-state index in [4.69, 9.17) is 4.99 Å². The molecule has 6 nitrogen and oxygen atoms in total. The topological polar surface area (TPSA) is 67.1 Å². The van der Waals surface area contributed by atoms with Gasteiger partial charge >= 0.3 is 0 Å². The van der Waals surface area contributed by atoms with Crippen LogP contribution in [0.2, 0.25) is 0 Å². The highest BCUT2D eigenvalue weighted by Crippen LogP contribution is 2.17. The Kier molecular flexibility index (Phi) is 11.9. The van der Waals surface area contributed by atoms with E-state index in [1.165, 1.54) is 64.2 Å². The smallest absolute Gasteiger partial charge is 0.192 e. The zero-order chi connectivity index (χ0) is 18.8. The summed E-state index contributed by atoms with van der Waals surface area (Å²) < 4.78 is 2.01. The summed E-state index contributed by atoms with van der Waals surface area (Å²) in [5, 5.41) is 15.7. The lowest BCUT2D eigenvalue weighted by Crippen LogP contribution is -2.47. The molecule has 0 saturated heterocycles. The van der Waals surface area contributed by atoms with Crippen LogP contribution in [0.4, 0.5) is 0 Å². The fraction of sp³-hybridized carbons (Fsp3) is 0.850. The van der Waals surface area contributed by atoms with Crippen LogP contribution in [0.25, 0.3) is 0 Å². The summed E-state index contributed by atoms with van der Waals surface area (Å²) in [7, 11) is 2.00.